The van der Waals surface area contributed by atoms with Crippen molar-refractivity contribution in [2.75, 3.05) is 19.0 Å². The second-order valence-corrected chi connectivity index (χ2v) is 3.88. The number of hydrogen-bond donors (Lipinski definition) is 3. The number of nitrogens with zero attached hydrogens (tertiary/aromatic N) is 1. The predicted molar refractivity (Wildman–Crippen MR) is 70.7 cm³/mol. The van der Waals surface area contributed by atoms with Gasteiger partial charge in [0.05, 0.1) is 7.11 Å². The lowest BCUT2D eigenvalue weighted by atomic mass is 10.1. The summed E-state index contributed by atoms with van der Waals surface area (Å²) in [5.74, 6) is 0.906. The number of ether oxygens (including phenoxy) is 1. The Morgan fingerprint density at radius 2 is 2.00 bits per heavy atom. The highest BCUT2D eigenvalue weighted by molar-refractivity contribution is 5.31. The minimum Gasteiger partial charge on any atom is -0.497 e. The molecule has 1 aromatic heterocycles. The third-order valence-corrected chi connectivity index (χ3v) is 2.58. The molecule has 0 fully saturated rings. The molecule has 19 heavy (non-hydrogen) atoms. The van der Waals surface area contributed by atoms with Gasteiger partial charge in [0, 0.05) is 6.54 Å². The van der Waals surface area contributed by atoms with Gasteiger partial charge in [-0.2, -0.15) is 0 Å². The molecule has 0 saturated heterocycles. The number of methoxy groups -OCH3 is 1. The maximum absolute atomic E-state index is 11.3. The Morgan fingerprint density at radius 1 is 1.26 bits per heavy atom. The average Bonchev–Trinajstić information content (AvgIpc) is 2.42. The van der Waals surface area contributed by atoms with Crippen molar-refractivity contribution in [3.8, 4) is 5.75 Å². The number of aromatic nitrogens is 3. The molecule has 0 aliphatic carbocycles. The third-order valence-electron chi connectivity index (χ3n) is 2.58. The Kier molecular flexibility index (Phi) is 3.97. The zero-order valence-electron chi connectivity index (χ0n) is 10.4. The molecule has 7 heteroatoms. The van der Waals surface area contributed by atoms with Gasteiger partial charge < -0.3 is 10.1 Å². The lowest BCUT2D eigenvalue weighted by Crippen LogP contribution is -2.27. The monoisotopic (exact) mass is 262 g/mol. The van der Waals surface area contributed by atoms with Crippen molar-refractivity contribution in [3.63, 3.8) is 0 Å². The average molecular weight is 262 g/mol. The van der Waals surface area contributed by atoms with Crippen LogP contribution in [0.15, 0.2) is 33.9 Å². The first kappa shape index (κ1) is 12.9. The zero-order chi connectivity index (χ0) is 13.7. The second kappa shape index (κ2) is 5.85. The van der Waals surface area contributed by atoms with Gasteiger partial charge in [-0.3, -0.25) is 9.78 Å². The molecule has 1 aromatic carbocycles. The molecule has 100 valence electrons. The highest BCUT2D eigenvalue weighted by Gasteiger charge is 2.01. The molecule has 0 aliphatic heterocycles. The highest BCUT2D eigenvalue weighted by Crippen LogP contribution is 2.11. The Morgan fingerprint density at radius 3 is 2.63 bits per heavy atom. The molecule has 0 spiro atoms. The number of H-pyrrole nitrogens is 2. The third kappa shape index (κ3) is 3.44. The van der Waals surface area contributed by atoms with E-state index >= 15 is 0 Å². The fraction of sp³-hybridized carbons (Fsp3) is 0.250. The summed E-state index contributed by atoms with van der Waals surface area (Å²) < 4.78 is 5.07. The van der Waals surface area contributed by atoms with Crippen LogP contribution in [0.2, 0.25) is 0 Å². The summed E-state index contributed by atoms with van der Waals surface area (Å²) in [4.78, 5) is 24.2. The van der Waals surface area contributed by atoms with Crippen molar-refractivity contribution in [1.82, 2.24) is 15.2 Å². The summed E-state index contributed by atoms with van der Waals surface area (Å²) in [5, 5.41) is 8.65. The van der Waals surface area contributed by atoms with Crippen LogP contribution in [0.3, 0.4) is 0 Å². The quantitative estimate of drug-likeness (QED) is 0.710. The summed E-state index contributed by atoms with van der Waals surface area (Å²) >= 11 is 0. The Hall–Kier alpha value is -2.57. The molecule has 0 saturated carbocycles. The van der Waals surface area contributed by atoms with E-state index in [-0.39, 0.29) is 5.82 Å². The Balaban J connectivity index is 1.92. The first-order valence-electron chi connectivity index (χ1n) is 5.75. The molecule has 0 amide bonds. The van der Waals surface area contributed by atoms with Crippen molar-refractivity contribution >= 4 is 5.82 Å². The van der Waals surface area contributed by atoms with Gasteiger partial charge in [0.2, 0.25) is 5.82 Å². The fourth-order valence-electron chi connectivity index (χ4n) is 1.58. The smallest absolute Gasteiger partial charge is 0.342 e. The number of aromatic amines is 2. The minimum absolute atomic E-state index is 0.105. The van der Waals surface area contributed by atoms with Gasteiger partial charge >= 0.3 is 5.69 Å². The van der Waals surface area contributed by atoms with Gasteiger partial charge in [0.15, 0.2) is 0 Å². The predicted octanol–water partition coefficient (Wildman–Crippen LogP) is 0.121. The lowest BCUT2D eigenvalue weighted by molar-refractivity contribution is 0.414. The van der Waals surface area contributed by atoms with E-state index < -0.39 is 11.2 Å². The second-order valence-electron chi connectivity index (χ2n) is 3.88. The highest BCUT2D eigenvalue weighted by atomic mass is 16.5. The molecular formula is C12H14N4O3. The first-order chi connectivity index (χ1) is 9.19. The molecule has 7 nitrogen and oxygen atoms in total. The van der Waals surface area contributed by atoms with Crippen molar-refractivity contribution in [2.24, 2.45) is 0 Å². The van der Waals surface area contributed by atoms with Gasteiger partial charge in [-0.1, -0.05) is 12.1 Å². The van der Waals surface area contributed by atoms with Crippen LogP contribution in [-0.4, -0.2) is 28.8 Å². The number of nitrogens with one attached hydrogen (secondary N) is 3. The SMILES string of the molecule is COc1ccc(CCNc2n[nH]c(=O)[nH]c2=O)cc1. The number of rotatable bonds is 5. The van der Waals surface area contributed by atoms with E-state index in [0.29, 0.717) is 6.54 Å². The molecule has 2 rings (SSSR count). The molecule has 0 bridgehead atoms. The van der Waals surface area contributed by atoms with Crippen LogP contribution in [0.25, 0.3) is 0 Å². The van der Waals surface area contributed by atoms with Gasteiger partial charge in [-0.15, -0.1) is 5.10 Å². The van der Waals surface area contributed by atoms with Crippen LogP contribution in [0, 0.1) is 0 Å². The van der Waals surface area contributed by atoms with E-state index in [1.54, 1.807) is 7.11 Å². The number of anilines is 1. The van der Waals surface area contributed by atoms with Crippen molar-refractivity contribution in [2.45, 2.75) is 6.42 Å². The van der Waals surface area contributed by atoms with Crippen LogP contribution in [0.5, 0.6) is 5.75 Å². The van der Waals surface area contributed by atoms with E-state index in [4.69, 9.17) is 4.74 Å². The van der Waals surface area contributed by atoms with E-state index in [2.05, 4.69) is 20.5 Å². The summed E-state index contributed by atoms with van der Waals surface area (Å²) in [6.45, 7) is 0.536. The molecule has 1 heterocycles. The maximum Gasteiger partial charge on any atom is 0.342 e. The molecule has 0 aliphatic rings. The van der Waals surface area contributed by atoms with Crippen molar-refractivity contribution in [3.05, 3.63) is 50.7 Å². The fourth-order valence-corrected chi connectivity index (χ4v) is 1.58. The molecule has 3 N–H and O–H groups in total. The molecule has 0 atom stereocenters. The summed E-state index contributed by atoms with van der Waals surface area (Å²) in [7, 11) is 1.62. The van der Waals surface area contributed by atoms with E-state index in [1.807, 2.05) is 24.3 Å². The van der Waals surface area contributed by atoms with Gasteiger partial charge in [0.1, 0.15) is 5.75 Å². The molecular weight excluding hydrogens is 248 g/mol. The Labute approximate surface area is 108 Å². The Bertz CT molecular complexity index is 645. The molecule has 2 aromatic rings. The zero-order valence-corrected chi connectivity index (χ0v) is 10.4. The summed E-state index contributed by atoms with van der Waals surface area (Å²) in [6, 6.07) is 7.65. The first-order valence-corrected chi connectivity index (χ1v) is 5.75. The van der Waals surface area contributed by atoms with Crippen LogP contribution in [-0.2, 0) is 6.42 Å². The van der Waals surface area contributed by atoms with Gasteiger partial charge in [-0.25, -0.2) is 9.89 Å². The van der Waals surface area contributed by atoms with Gasteiger partial charge in [0.25, 0.3) is 5.56 Å². The van der Waals surface area contributed by atoms with E-state index in [1.165, 1.54) is 0 Å². The van der Waals surface area contributed by atoms with Crippen LogP contribution in [0.4, 0.5) is 5.82 Å². The molecule has 0 radical (unpaired) electrons. The summed E-state index contributed by atoms with van der Waals surface area (Å²) in [5.41, 5.74) is -0.0432. The molecule has 0 unspecified atom stereocenters. The maximum atomic E-state index is 11.3. The summed E-state index contributed by atoms with van der Waals surface area (Å²) in [6.07, 6.45) is 0.726. The number of hydrogen-bond acceptors (Lipinski definition) is 5. The van der Waals surface area contributed by atoms with Crippen LogP contribution < -0.4 is 21.3 Å². The van der Waals surface area contributed by atoms with Crippen LogP contribution >= 0.6 is 0 Å². The van der Waals surface area contributed by atoms with E-state index in [0.717, 1.165) is 17.7 Å². The van der Waals surface area contributed by atoms with Crippen molar-refractivity contribution in [1.29, 1.82) is 0 Å². The standard InChI is InChI=1S/C12H14N4O3/c1-19-9-4-2-8(3-5-9)6-7-13-10-11(17)14-12(18)16-15-10/h2-5H,6-7H2,1H3,(H,13,15)(H2,14,16,17,18). The van der Waals surface area contributed by atoms with E-state index in [9.17, 15) is 9.59 Å². The normalized spacial score (nSPS) is 10.2. The topological polar surface area (TPSA) is 99.9 Å². The van der Waals surface area contributed by atoms with Crippen LogP contribution in [0.1, 0.15) is 5.56 Å². The largest absolute Gasteiger partial charge is 0.497 e. The lowest BCUT2D eigenvalue weighted by Gasteiger charge is -2.05. The van der Waals surface area contributed by atoms with Gasteiger partial charge in [-0.05, 0) is 24.1 Å². The minimum atomic E-state index is -0.620. The number of benzene rings is 1. The van der Waals surface area contributed by atoms with Crippen molar-refractivity contribution < 1.29 is 4.74 Å².